The lowest BCUT2D eigenvalue weighted by atomic mass is 10.0. The van der Waals surface area contributed by atoms with Crippen LogP contribution in [-0.4, -0.2) is 24.8 Å². The molecule has 0 saturated carbocycles. The van der Waals surface area contributed by atoms with Gasteiger partial charge in [0.05, 0.1) is 18.2 Å². The standard InChI is InChI=1S/C12H16ClNO2/c1-16-11-5-4-8(7-9(11)13)12(15)10-3-2-6-14-10/h4-5,7,10,12,14-15H,2-3,6H2,1H3. The third-order valence-electron chi connectivity index (χ3n) is 3.00. The number of ether oxygens (including phenoxy) is 1. The number of nitrogens with one attached hydrogen (secondary N) is 1. The summed E-state index contributed by atoms with van der Waals surface area (Å²) in [6.45, 7) is 0.978. The van der Waals surface area contributed by atoms with Crippen LogP contribution in [0.3, 0.4) is 0 Å². The van der Waals surface area contributed by atoms with Gasteiger partial charge in [-0.3, -0.25) is 0 Å². The van der Waals surface area contributed by atoms with Crippen LogP contribution in [0.5, 0.6) is 5.75 Å². The summed E-state index contributed by atoms with van der Waals surface area (Å²) in [6.07, 6.45) is 1.63. The number of methoxy groups -OCH3 is 1. The summed E-state index contributed by atoms with van der Waals surface area (Å²) < 4.78 is 5.08. The highest BCUT2D eigenvalue weighted by Gasteiger charge is 2.24. The lowest BCUT2D eigenvalue weighted by Gasteiger charge is -2.19. The Morgan fingerprint density at radius 3 is 2.94 bits per heavy atom. The lowest BCUT2D eigenvalue weighted by molar-refractivity contribution is 0.137. The Morgan fingerprint density at radius 1 is 1.56 bits per heavy atom. The SMILES string of the molecule is COc1ccc(C(O)C2CCCN2)cc1Cl. The summed E-state index contributed by atoms with van der Waals surface area (Å²) in [6, 6.07) is 5.56. The second-order valence-electron chi connectivity index (χ2n) is 4.04. The van der Waals surface area contributed by atoms with Crippen LogP contribution in [0.4, 0.5) is 0 Å². The maximum absolute atomic E-state index is 10.1. The molecule has 2 unspecified atom stereocenters. The molecule has 1 aromatic carbocycles. The van der Waals surface area contributed by atoms with Crippen molar-refractivity contribution >= 4 is 11.6 Å². The zero-order valence-corrected chi connectivity index (χ0v) is 10.00. The Kier molecular flexibility index (Phi) is 3.69. The fourth-order valence-corrected chi connectivity index (χ4v) is 2.35. The van der Waals surface area contributed by atoms with Gasteiger partial charge >= 0.3 is 0 Å². The first kappa shape index (κ1) is 11.7. The molecule has 1 aromatic rings. The van der Waals surface area contributed by atoms with E-state index >= 15 is 0 Å². The number of aliphatic hydroxyl groups excluding tert-OH is 1. The average Bonchev–Trinajstić information content (AvgIpc) is 2.81. The maximum atomic E-state index is 10.1. The molecule has 1 saturated heterocycles. The summed E-state index contributed by atoms with van der Waals surface area (Å²) in [5.74, 6) is 0.636. The van der Waals surface area contributed by atoms with E-state index in [-0.39, 0.29) is 6.04 Å². The van der Waals surface area contributed by atoms with Crippen molar-refractivity contribution in [2.45, 2.75) is 25.0 Å². The smallest absolute Gasteiger partial charge is 0.137 e. The number of rotatable bonds is 3. The molecule has 88 valence electrons. The molecule has 2 atom stereocenters. The first-order chi connectivity index (χ1) is 7.72. The molecule has 4 heteroatoms. The predicted molar refractivity (Wildman–Crippen MR) is 64.0 cm³/mol. The highest BCUT2D eigenvalue weighted by Crippen LogP contribution is 2.30. The highest BCUT2D eigenvalue weighted by atomic mass is 35.5. The minimum absolute atomic E-state index is 0.143. The van der Waals surface area contributed by atoms with Crippen molar-refractivity contribution < 1.29 is 9.84 Å². The van der Waals surface area contributed by atoms with E-state index in [9.17, 15) is 5.11 Å². The Labute approximate surface area is 100 Å². The van der Waals surface area contributed by atoms with Gasteiger partial charge in [-0.15, -0.1) is 0 Å². The van der Waals surface area contributed by atoms with E-state index in [4.69, 9.17) is 16.3 Å². The zero-order valence-electron chi connectivity index (χ0n) is 9.24. The Bertz CT molecular complexity index is 364. The van der Waals surface area contributed by atoms with Gasteiger partial charge in [0.15, 0.2) is 0 Å². The number of hydrogen-bond acceptors (Lipinski definition) is 3. The molecule has 3 nitrogen and oxygen atoms in total. The van der Waals surface area contributed by atoms with Crippen molar-refractivity contribution in [2.24, 2.45) is 0 Å². The third kappa shape index (κ3) is 2.32. The molecule has 0 bridgehead atoms. The van der Waals surface area contributed by atoms with E-state index in [1.807, 2.05) is 6.07 Å². The topological polar surface area (TPSA) is 41.5 Å². The second-order valence-corrected chi connectivity index (χ2v) is 4.45. The van der Waals surface area contributed by atoms with Gasteiger partial charge in [-0.1, -0.05) is 17.7 Å². The monoisotopic (exact) mass is 241 g/mol. The molecule has 0 radical (unpaired) electrons. The van der Waals surface area contributed by atoms with E-state index < -0.39 is 6.10 Å². The van der Waals surface area contributed by atoms with Gasteiger partial charge < -0.3 is 15.2 Å². The summed E-state index contributed by atoms with van der Waals surface area (Å²) >= 11 is 6.02. The molecule has 1 aliphatic rings. The third-order valence-corrected chi connectivity index (χ3v) is 3.29. The molecule has 0 spiro atoms. The molecule has 2 N–H and O–H groups in total. The van der Waals surface area contributed by atoms with Crippen LogP contribution < -0.4 is 10.1 Å². The zero-order chi connectivity index (χ0) is 11.5. The summed E-state index contributed by atoms with van der Waals surface area (Å²) in [7, 11) is 1.58. The van der Waals surface area contributed by atoms with Crippen molar-refractivity contribution in [1.29, 1.82) is 0 Å². The molecular formula is C12H16ClNO2. The highest BCUT2D eigenvalue weighted by molar-refractivity contribution is 6.32. The van der Waals surface area contributed by atoms with Crippen molar-refractivity contribution in [2.75, 3.05) is 13.7 Å². The quantitative estimate of drug-likeness (QED) is 0.852. The summed E-state index contributed by atoms with van der Waals surface area (Å²) in [5, 5.41) is 14.0. The fourth-order valence-electron chi connectivity index (χ4n) is 2.08. The van der Waals surface area contributed by atoms with Gasteiger partial charge in [-0.25, -0.2) is 0 Å². The van der Waals surface area contributed by atoms with Crippen LogP contribution in [0.15, 0.2) is 18.2 Å². The van der Waals surface area contributed by atoms with Crippen LogP contribution in [0.1, 0.15) is 24.5 Å². The largest absolute Gasteiger partial charge is 0.495 e. The van der Waals surface area contributed by atoms with Gasteiger partial charge in [-0.2, -0.15) is 0 Å². The van der Waals surface area contributed by atoms with Crippen LogP contribution >= 0.6 is 11.6 Å². The summed E-state index contributed by atoms with van der Waals surface area (Å²) in [5.41, 5.74) is 0.838. The van der Waals surface area contributed by atoms with Crippen molar-refractivity contribution in [3.05, 3.63) is 28.8 Å². The first-order valence-electron chi connectivity index (χ1n) is 5.47. The van der Waals surface area contributed by atoms with Crippen LogP contribution in [0.2, 0.25) is 5.02 Å². The number of hydrogen-bond donors (Lipinski definition) is 2. The van der Waals surface area contributed by atoms with Crippen molar-refractivity contribution in [3.8, 4) is 5.75 Å². The molecule has 0 aromatic heterocycles. The Balaban J connectivity index is 2.16. The lowest BCUT2D eigenvalue weighted by Crippen LogP contribution is -2.28. The Morgan fingerprint density at radius 2 is 2.38 bits per heavy atom. The molecule has 2 rings (SSSR count). The van der Waals surface area contributed by atoms with Gasteiger partial charge in [0, 0.05) is 6.04 Å². The number of aliphatic hydroxyl groups is 1. The minimum Gasteiger partial charge on any atom is -0.495 e. The fraction of sp³-hybridized carbons (Fsp3) is 0.500. The molecule has 0 amide bonds. The molecule has 1 heterocycles. The normalized spacial score (nSPS) is 22.1. The van der Waals surface area contributed by atoms with E-state index in [0.29, 0.717) is 10.8 Å². The van der Waals surface area contributed by atoms with Gasteiger partial charge in [0.25, 0.3) is 0 Å². The average molecular weight is 242 g/mol. The predicted octanol–water partition coefficient (Wildman–Crippen LogP) is 2.13. The number of halogens is 1. The van der Waals surface area contributed by atoms with Gasteiger partial charge in [-0.05, 0) is 37.1 Å². The minimum atomic E-state index is -0.495. The van der Waals surface area contributed by atoms with E-state index in [2.05, 4.69) is 5.32 Å². The van der Waals surface area contributed by atoms with E-state index in [1.54, 1.807) is 19.2 Å². The molecular weight excluding hydrogens is 226 g/mol. The molecule has 16 heavy (non-hydrogen) atoms. The van der Waals surface area contributed by atoms with Crippen molar-refractivity contribution in [3.63, 3.8) is 0 Å². The van der Waals surface area contributed by atoms with Crippen molar-refractivity contribution in [1.82, 2.24) is 5.32 Å². The molecule has 1 aliphatic heterocycles. The van der Waals surface area contributed by atoms with Gasteiger partial charge in [0.1, 0.15) is 5.75 Å². The first-order valence-corrected chi connectivity index (χ1v) is 5.85. The number of benzene rings is 1. The van der Waals surface area contributed by atoms with E-state index in [1.165, 1.54) is 0 Å². The van der Waals surface area contributed by atoms with Crippen LogP contribution in [-0.2, 0) is 0 Å². The Hall–Kier alpha value is -0.770. The maximum Gasteiger partial charge on any atom is 0.137 e. The molecule has 1 fully saturated rings. The van der Waals surface area contributed by atoms with Gasteiger partial charge in [0.2, 0.25) is 0 Å². The summed E-state index contributed by atoms with van der Waals surface area (Å²) in [4.78, 5) is 0. The van der Waals surface area contributed by atoms with E-state index in [0.717, 1.165) is 24.9 Å². The van der Waals surface area contributed by atoms with Crippen LogP contribution in [0.25, 0.3) is 0 Å². The van der Waals surface area contributed by atoms with Crippen LogP contribution in [0, 0.1) is 0 Å². The second kappa shape index (κ2) is 5.04. The molecule has 0 aliphatic carbocycles.